The minimum Gasteiger partial charge on any atom is -0.312 e. The topological polar surface area (TPSA) is 24.1 Å². The third-order valence-corrected chi connectivity index (χ3v) is 3.04. The molecule has 0 saturated carbocycles. The van der Waals surface area contributed by atoms with Gasteiger partial charge in [0.05, 0.1) is 0 Å². The third-order valence-electron chi connectivity index (χ3n) is 3.04. The van der Waals surface area contributed by atoms with Crippen molar-refractivity contribution >= 4 is 0 Å². The van der Waals surface area contributed by atoms with Crippen molar-refractivity contribution in [3.05, 3.63) is 34.9 Å². The van der Waals surface area contributed by atoms with E-state index >= 15 is 0 Å². The van der Waals surface area contributed by atoms with Crippen LogP contribution < -0.4 is 10.6 Å². The predicted octanol–water partition coefficient (Wildman–Crippen LogP) is 2.08. The number of nitrogens with one attached hydrogen (secondary N) is 2. The second-order valence-electron chi connectivity index (χ2n) is 5.05. The van der Waals surface area contributed by atoms with Crippen LogP contribution in [-0.2, 0) is 19.5 Å². The Labute approximate surface area is 98.4 Å². The highest BCUT2D eigenvalue weighted by Crippen LogP contribution is 2.15. The van der Waals surface area contributed by atoms with Gasteiger partial charge in [-0.1, -0.05) is 32.0 Å². The fourth-order valence-electron chi connectivity index (χ4n) is 2.15. The Bertz CT molecular complexity index is 345. The van der Waals surface area contributed by atoms with E-state index in [1.165, 1.54) is 23.1 Å². The Morgan fingerprint density at radius 2 is 2.19 bits per heavy atom. The Hall–Kier alpha value is -0.860. The summed E-state index contributed by atoms with van der Waals surface area (Å²) in [5, 5.41) is 6.91. The van der Waals surface area contributed by atoms with Gasteiger partial charge in [-0.05, 0) is 42.1 Å². The van der Waals surface area contributed by atoms with Crippen LogP contribution in [-0.4, -0.2) is 13.1 Å². The maximum Gasteiger partial charge on any atom is 0.0208 e. The molecule has 16 heavy (non-hydrogen) atoms. The molecule has 1 aromatic rings. The lowest BCUT2D eigenvalue weighted by atomic mass is 9.98. The number of fused-ring (bicyclic) bond motifs is 1. The lowest BCUT2D eigenvalue weighted by molar-refractivity contribution is 0.551. The van der Waals surface area contributed by atoms with Crippen LogP contribution in [0.5, 0.6) is 0 Å². The van der Waals surface area contributed by atoms with Crippen LogP contribution in [0.4, 0.5) is 0 Å². The minimum absolute atomic E-state index is 0.722. The van der Waals surface area contributed by atoms with Crippen molar-refractivity contribution < 1.29 is 0 Å². The molecule has 1 heterocycles. The monoisotopic (exact) mass is 218 g/mol. The van der Waals surface area contributed by atoms with Crippen molar-refractivity contribution in [1.29, 1.82) is 0 Å². The van der Waals surface area contributed by atoms with Gasteiger partial charge >= 0.3 is 0 Å². The largest absolute Gasteiger partial charge is 0.312 e. The molecular weight excluding hydrogens is 196 g/mol. The molecule has 1 aromatic carbocycles. The summed E-state index contributed by atoms with van der Waals surface area (Å²) < 4.78 is 0. The van der Waals surface area contributed by atoms with Crippen LogP contribution in [0.3, 0.4) is 0 Å². The summed E-state index contributed by atoms with van der Waals surface area (Å²) >= 11 is 0. The van der Waals surface area contributed by atoms with E-state index in [2.05, 4.69) is 42.7 Å². The normalized spacial score (nSPS) is 15.2. The predicted molar refractivity (Wildman–Crippen MR) is 68.4 cm³/mol. The van der Waals surface area contributed by atoms with Crippen LogP contribution in [0.1, 0.15) is 30.5 Å². The van der Waals surface area contributed by atoms with Gasteiger partial charge in [0.1, 0.15) is 0 Å². The van der Waals surface area contributed by atoms with Crippen molar-refractivity contribution in [3.63, 3.8) is 0 Å². The third kappa shape index (κ3) is 3.06. The molecule has 0 aliphatic carbocycles. The summed E-state index contributed by atoms with van der Waals surface area (Å²) in [7, 11) is 0. The van der Waals surface area contributed by atoms with Gasteiger partial charge in [-0.3, -0.25) is 0 Å². The Morgan fingerprint density at radius 3 is 3.00 bits per heavy atom. The molecule has 0 fully saturated rings. The van der Waals surface area contributed by atoms with Crippen molar-refractivity contribution in [2.24, 2.45) is 5.92 Å². The summed E-state index contributed by atoms with van der Waals surface area (Å²) in [6.45, 7) is 8.72. The molecule has 0 saturated heterocycles. The molecular formula is C14H22N2. The summed E-state index contributed by atoms with van der Waals surface area (Å²) in [6.07, 6.45) is 1.18. The molecule has 0 aromatic heterocycles. The van der Waals surface area contributed by atoms with E-state index in [9.17, 15) is 0 Å². The molecule has 2 rings (SSSR count). The molecule has 88 valence electrons. The zero-order valence-corrected chi connectivity index (χ0v) is 10.3. The fourth-order valence-corrected chi connectivity index (χ4v) is 2.15. The molecule has 2 nitrogen and oxygen atoms in total. The lowest BCUT2D eigenvalue weighted by Crippen LogP contribution is -2.24. The molecule has 0 spiro atoms. The SMILES string of the molecule is CC(C)CNCc1ccc2c(c1)CNCC2. The standard InChI is InChI=1S/C14H22N2/c1-11(2)8-16-9-12-3-4-13-5-6-15-10-14(13)7-12/h3-4,7,11,15-16H,5-6,8-10H2,1-2H3. The van der Waals surface area contributed by atoms with Gasteiger partial charge in [0.2, 0.25) is 0 Å². The summed E-state index contributed by atoms with van der Waals surface area (Å²) in [5.41, 5.74) is 4.41. The molecule has 2 N–H and O–H groups in total. The van der Waals surface area contributed by atoms with Crippen LogP contribution in [0, 0.1) is 5.92 Å². The van der Waals surface area contributed by atoms with E-state index in [0.29, 0.717) is 0 Å². The van der Waals surface area contributed by atoms with E-state index in [0.717, 1.165) is 32.1 Å². The highest BCUT2D eigenvalue weighted by atomic mass is 14.9. The molecule has 1 aliphatic rings. The van der Waals surface area contributed by atoms with Crippen LogP contribution in [0.25, 0.3) is 0 Å². The molecule has 0 radical (unpaired) electrons. The van der Waals surface area contributed by atoms with E-state index in [1.807, 2.05) is 0 Å². The number of benzene rings is 1. The van der Waals surface area contributed by atoms with E-state index in [4.69, 9.17) is 0 Å². The average Bonchev–Trinajstić information content (AvgIpc) is 2.28. The van der Waals surface area contributed by atoms with E-state index < -0.39 is 0 Å². The quantitative estimate of drug-likeness (QED) is 0.808. The first-order chi connectivity index (χ1) is 7.75. The second kappa shape index (κ2) is 5.46. The molecule has 1 aliphatic heterocycles. The minimum atomic E-state index is 0.722. The van der Waals surface area contributed by atoms with Gasteiger partial charge in [0.25, 0.3) is 0 Å². The number of hydrogen-bond acceptors (Lipinski definition) is 2. The lowest BCUT2D eigenvalue weighted by Gasteiger charge is -2.18. The second-order valence-corrected chi connectivity index (χ2v) is 5.05. The van der Waals surface area contributed by atoms with Gasteiger partial charge in [-0.25, -0.2) is 0 Å². The first-order valence-corrected chi connectivity index (χ1v) is 6.28. The van der Waals surface area contributed by atoms with Crippen molar-refractivity contribution in [2.75, 3.05) is 13.1 Å². The smallest absolute Gasteiger partial charge is 0.0208 e. The summed E-state index contributed by atoms with van der Waals surface area (Å²) in [4.78, 5) is 0. The zero-order chi connectivity index (χ0) is 11.4. The summed E-state index contributed by atoms with van der Waals surface area (Å²) in [5.74, 6) is 0.722. The van der Waals surface area contributed by atoms with Crippen LogP contribution in [0.15, 0.2) is 18.2 Å². The van der Waals surface area contributed by atoms with Gasteiger partial charge < -0.3 is 10.6 Å². The summed E-state index contributed by atoms with van der Waals surface area (Å²) in [6, 6.07) is 6.90. The Kier molecular flexibility index (Phi) is 3.97. The van der Waals surface area contributed by atoms with Crippen molar-refractivity contribution in [3.8, 4) is 0 Å². The first-order valence-electron chi connectivity index (χ1n) is 6.28. The first kappa shape index (κ1) is 11.6. The van der Waals surface area contributed by atoms with Gasteiger partial charge in [-0.15, -0.1) is 0 Å². The molecule has 2 heteroatoms. The van der Waals surface area contributed by atoms with Gasteiger partial charge in [0.15, 0.2) is 0 Å². The van der Waals surface area contributed by atoms with Crippen molar-refractivity contribution in [1.82, 2.24) is 10.6 Å². The van der Waals surface area contributed by atoms with Gasteiger partial charge in [-0.2, -0.15) is 0 Å². The molecule has 0 unspecified atom stereocenters. The zero-order valence-electron chi connectivity index (χ0n) is 10.3. The fraction of sp³-hybridized carbons (Fsp3) is 0.571. The average molecular weight is 218 g/mol. The number of rotatable bonds is 4. The maximum atomic E-state index is 3.49. The van der Waals surface area contributed by atoms with E-state index in [-0.39, 0.29) is 0 Å². The van der Waals surface area contributed by atoms with E-state index in [1.54, 1.807) is 0 Å². The molecule has 0 amide bonds. The molecule has 0 bridgehead atoms. The van der Waals surface area contributed by atoms with Crippen molar-refractivity contribution in [2.45, 2.75) is 33.4 Å². The van der Waals surface area contributed by atoms with Crippen LogP contribution in [0.2, 0.25) is 0 Å². The maximum absolute atomic E-state index is 3.49. The van der Waals surface area contributed by atoms with Gasteiger partial charge in [0, 0.05) is 13.1 Å². The highest BCUT2D eigenvalue weighted by Gasteiger charge is 2.08. The highest BCUT2D eigenvalue weighted by molar-refractivity contribution is 5.33. The van der Waals surface area contributed by atoms with Crippen LogP contribution >= 0.6 is 0 Å². The Balaban J connectivity index is 1.95. The Morgan fingerprint density at radius 1 is 1.31 bits per heavy atom. The number of hydrogen-bond donors (Lipinski definition) is 2. The molecule has 0 atom stereocenters.